The first kappa shape index (κ1) is 19.9. The highest BCUT2D eigenvalue weighted by atomic mass is 32.1. The smallest absolute Gasteiger partial charge is 0.0934 e. The minimum absolute atomic E-state index is 0.600. The molecule has 0 spiro atoms. The maximum absolute atomic E-state index is 4.99. The number of benzene rings is 2. The average Bonchev–Trinajstić information content (AvgIpc) is 2.76. The first-order valence-electron chi connectivity index (χ1n) is 9.61. The fraction of sp³-hybridized carbons (Fsp3) is 0.381. The lowest BCUT2D eigenvalue weighted by molar-refractivity contribution is -0.655. The van der Waals surface area contributed by atoms with E-state index in [1.165, 1.54) is 37.6 Å². The second-order valence-electron chi connectivity index (χ2n) is 6.76. The summed E-state index contributed by atoms with van der Waals surface area (Å²) in [7, 11) is 0. The third-order valence-electron chi connectivity index (χ3n) is 4.99. The van der Waals surface area contributed by atoms with E-state index in [4.69, 9.17) is 24.8 Å². The molecule has 0 radical (unpaired) electrons. The molecule has 4 rings (SSSR count). The van der Waals surface area contributed by atoms with Gasteiger partial charge < -0.3 is 44.9 Å². The van der Waals surface area contributed by atoms with E-state index in [1.54, 1.807) is 0 Å². The maximum Gasteiger partial charge on any atom is 0.0934 e. The second-order valence-corrected chi connectivity index (χ2v) is 7.80. The molecule has 2 saturated heterocycles. The van der Waals surface area contributed by atoms with Crippen LogP contribution in [0.2, 0.25) is 0 Å². The van der Waals surface area contributed by atoms with Gasteiger partial charge in [0.15, 0.2) is 0 Å². The van der Waals surface area contributed by atoms with Crippen molar-refractivity contribution in [1.82, 2.24) is 4.90 Å². The molecule has 2 aromatic rings. The van der Waals surface area contributed by atoms with Gasteiger partial charge in [0.1, 0.15) is 0 Å². The molecule has 0 unspecified atom stereocenters. The van der Waals surface area contributed by atoms with Crippen LogP contribution < -0.4 is 15.1 Å². The van der Waals surface area contributed by atoms with Crippen molar-refractivity contribution < 1.29 is 5.32 Å². The van der Waals surface area contributed by atoms with Gasteiger partial charge in [0, 0.05) is 37.6 Å². The number of rotatable bonds is 2. The van der Waals surface area contributed by atoms with Crippen molar-refractivity contribution in [3.05, 3.63) is 60.7 Å². The molecular formula is C21H28N4S2. The van der Waals surface area contributed by atoms with Crippen LogP contribution in [0.5, 0.6) is 0 Å². The molecule has 0 bridgehead atoms. The molecule has 0 aromatic heterocycles. The predicted molar refractivity (Wildman–Crippen MR) is 121 cm³/mol. The molecule has 144 valence electrons. The van der Waals surface area contributed by atoms with Gasteiger partial charge in [-0.15, -0.1) is 0 Å². The van der Waals surface area contributed by atoms with Crippen molar-refractivity contribution in [2.75, 3.05) is 62.2 Å². The summed E-state index contributed by atoms with van der Waals surface area (Å²) in [6, 6.07) is 21.1. The number of quaternary nitrogens is 1. The van der Waals surface area contributed by atoms with Crippen molar-refractivity contribution in [3.63, 3.8) is 0 Å². The normalized spacial score (nSPS) is 17.1. The Morgan fingerprint density at radius 2 is 1.15 bits per heavy atom. The SMILES string of the molecule is S=C([S-])N1CCN(c2ccccc2)CC1.c1ccc(N2CC[NH2+]CC2)cc1. The van der Waals surface area contributed by atoms with Crippen LogP contribution in [0.25, 0.3) is 0 Å². The summed E-state index contributed by atoms with van der Waals surface area (Å²) in [6.45, 7) is 8.72. The number of anilines is 2. The van der Waals surface area contributed by atoms with E-state index in [0.29, 0.717) is 4.32 Å². The van der Waals surface area contributed by atoms with Crippen molar-refractivity contribution in [1.29, 1.82) is 0 Å². The quantitative estimate of drug-likeness (QED) is 0.612. The standard InChI is InChI=1S/C11H14N2S2.C10H14N2/c14-11(15)13-8-6-12(7-9-13)10-4-2-1-3-5-10;1-2-4-10(5-3-1)12-8-6-11-7-9-12/h1-5H,6-9H2,(H,14,15);1-5,11H,6-9H2. The summed E-state index contributed by atoms with van der Waals surface area (Å²) >= 11 is 9.99. The molecule has 2 heterocycles. The molecule has 27 heavy (non-hydrogen) atoms. The first-order chi connectivity index (χ1) is 13.2. The monoisotopic (exact) mass is 400 g/mol. The predicted octanol–water partition coefficient (Wildman–Crippen LogP) is 1.71. The zero-order chi connectivity index (χ0) is 18.9. The van der Waals surface area contributed by atoms with Crippen LogP contribution in [-0.2, 0) is 12.6 Å². The molecule has 0 saturated carbocycles. The lowest BCUT2D eigenvalue weighted by Crippen LogP contribution is -2.89. The van der Waals surface area contributed by atoms with E-state index in [-0.39, 0.29) is 0 Å². The molecule has 2 aliphatic rings. The number of hydrogen-bond acceptors (Lipinski definition) is 4. The molecular weight excluding hydrogens is 372 g/mol. The van der Waals surface area contributed by atoms with Crippen LogP contribution in [-0.4, -0.2) is 61.6 Å². The van der Waals surface area contributed by atoms with Gasteiger partial charge >= 0.3 is 0 Å². The zero-order valence-electron chi connectivity index (χ0n) is 15.7. The molecule has 4 nitrogen and oxygen atoms in total. The molecule has 6 heteroatoms. The van der Waals surface area contributed by atoms with Gasteiger partial charge in [-0.1, -0.05) is 40.7 Å². The summed E-state index contributed by atoms with van der Waals surface area (Å²) in [5.74, 6) is 0. The van der Waals surface area contributed by atoms with Gasteiger partial charge in [0.25, 0.3) is 0 Å². The lowest BCUT2D eigenvalue weighted by Gasteiger charge is -2.39. The van der Waals surface area contributed by atoms with Gasteiger partial charge in [-0.05, 0) is 24.3 Å². The minimum Gasteiger partial charge on any atom is -0.411 e. The summed E-state index contributed by atoms with van der Waals surface area (Å²) in [5.41, 5.74) is 2.65. The van der Waals surface area contributed by atoms with E-state index in [2.05, 4.69) is 74.6 Å². The fourth-order valence-corrected chi connectivity index (χ4v) is 3.80. The number of nitrogens with zero attached hydrogens (tertiary/aromatic N) is 3. The van der Waals surface area contributed by atoms with Gasteiger partial charge in [0.2, 0.25) is 0 Å². The van der Waals surface area contributed by atoms with Crippen molar-refractivity contribution >= 4 is 40.5 Å². The van der Waals surface area contributed by atoms with E-state index in [9.17, 15) is 0 Å². The summed E-state index contributed by atoms with van der Waals surface area (Å²) in [4.78, 5) is 6.90. The minimum atomic E-state index is 0.600. The Bertz CT molecular complexity index is 682. The van der Waals surface area contributed by atoms with Crippen molar-refractivity contribution in [2.24, 2.45) is 0 Å². The van der Waals surface area contributed by atoms with Gasteiger partial charge in [-0.25, -0.2) is 0 Å². The van der Waals surface area contributed by atoms with E-state index in [0.717, 1.165) is 26.2 Å². The molecule has 2 N–H and O–H groups in total. The summed E-state index contributed by atoms with van der Waals surface area (Å²) in [5, 5.41) is 2.37. The largest absolute Gasteiger partial charge is 0.411 e. The Morgan fingerprint density at radius 1 is 0.704 bits per heavy atom. The molecule has 2 aliphatic heterocycles. The van der Waals surface area contributed by atoms with E-state index < -0.39 is 0 Å². The number of thiocarbonyl (C=S) groups is 1. The number of piperazine rings is 2. The highest BCUT2D eigenvalue weighted by Gasteiger charge is 2.14. The van der Waals surface area contributed by atoms with E-state index in [1.807, 2.05) is 6.07 Å². The third-order valence-corrected chi connectivity index (χ3v) is 5.50. The third kappa shape index (κ3) is 6.06. The van der Waals surface area contributed by atoms with Crippen LogP contribution in [0.1, 0.15) is 0 Å². The Kier molecular flexibility index (Phi) is 7.68. The Labute approximate surface area is 173 Å². The Hall–Kier alpha value is -1.89. The molecule has 2 aromatic carbocycles. The van der Waals surface area contributed by atoms with Crippen molar-refractivity contribution in [3.8, 4) is 0 Å². The maximum atomic E-state index is 4.99. The summed E-state index contributed by atoms with van der Waals surface area (Å²) in [6.07, 6.45) is 0. The van der Waals surface area contributed by atoms with Gasteiger partial charge in [-0.3, -0.25) is 0 Å². The Morgan fingerprint density at radius 3 is 1.59 bits per heavy atom. The van der Waals surface area contributed by atoms with Crippen molar-refractivity contribution in [2.45, 2.75) is 0 Å². The molecule has 0 aliphatic carbocycles. The number of hydrogen-bond donors (Lipinski definition) is 1. The van der Waals surface area contributed by atoms with Crippen LogP contribution in [0, 0.1) is 0 Å². The van der Waals surface area contributed by atoms with Crippen LogP contribution in [0.4, 0.5) is 11.4 Å². The fourth-order valence-electron chi connectivity index (χ4n) is 3.43. The highest BCUT2D eigenvalue weighted by molar-refractivity contribution is 8.00. The summed E-state index contributed by atoms with van der Waals surface area (Å²) < 4.78 is 0.600. The van der Waals surface area contributed by atoms with Gasteiger partial charge in [-0.2, -0.15) is 0 Å². The van der Waals surface area contributed by atoms with Crippen LogP contribution in [0.3, 0.4) is 0 Å². The molecule has 0 amide bonds. The molecule has 2 fully saturated rings. The van der Waals surface area contributed by atoms with Crippen LogP contribution >= 0.6 is 12.2 Å². The lowest BCUT2D eigenvalue weighted by atomic mass is 10.2. The van der Waals surface area contributed by atoms with Crippen LogP contribution in [0.15, 0.2) is 60.7 Å². The number of nitrogens with two attached hydrogens (primary N) is 1. The molecule has 0 atom stereocenters. The average molecular weight is 401 g/mol. The number of para-hydroxylation sites is 2. The zero-order valence-corrected chi connectivity index (χ0v) is 17.3. The van der Waals surface area contributed by atoms with E-state index >= 15 is 0 Å². The Balaban J connectivity index is 0.000000159. The van der Waals surface area contributed by atoms with Gasteiger partial charge in [0.05, 0.1) is 26.2 Å². The highest BCUT2D eigenvalue weighted by Crippen LogP contribution is 2.15. The second kappa shape index (κ2) is 10.4. The first-order valence-corrected chi connectivity index (χ1v) is 10.4. The topological polar surface area (TPSA) is 26.3 Å².